The van der Waals surface area contributed by atoms with Crippen LogP contribution in [0.15, 0.2) is 48.5 Å². The van der Waals surface area contributed by atoms with Crippen molar-refractivity contribution in [3.05, 3.63) is 65.2 Å². The highest BCUT2D eigenvalue weighted by Crippen LogP contribution is 2.36. The van der Waals surface area contributed by atoms with Crippen LogP contribution in [0.4, 0.5) is 5.69 Å². The van der Waals surface area contributed by atoms with Crippen LogP contribution in [0.5, 0.6) is 0 Å². The first-order valence-electron chi connectivity index (χ1n) is 9.90. The van der Waals surface area contributed by atoms with Gasteiger partial charge in [0, 0.05) is 17.7 Å². The average Bonchev–Trinajstić information content (AvgIpc) is 2.74. The zero-order valence-corrected chi connectivity index (χ0v) is 16.5. The van der Waals surface area contributed by atoms with Crippen molar-refractivity contribution in [2.75, 3.05) is 11.9 Å². The van der Waals surface area contributed by atoms with Gasteiger partial charge in [0.2, 0.25) is 0 Å². The number of anilines is 1. The van der Waals surface area contributed by atoms with E-state index in [1.54, 1.807) is 6.07 Å². The molecule has 0 aromatic heterocycles. The fourth-order valence-electron chi connectivity index (χ4n) is 4.23. The van der Waals surface area contributed by atoms with Gasteiger partial charge in [0.1, 0.15) is 24.4 Å². The van der Waals surface area contributed by atoms with E-state index >= 15 is 0 Å². The molecule has 1 fully saturated rings. The molecule has 2 aromatic rings. The monoisotopic (exact) mass is 411 g/mol. The number of hydrogen-bond donors (Lipinski definition) is 5. The summed E-state index contributed by atoms with van der Waals surface area (Å²) >= 11 is 0. The predicted molar refractivity (Wildman–Crippen MR) is 111 cm³/mol. The summed E-state index contributed by atoms with van der Waals surface area (Å²) < 4.78 is 5.18. The van der Waals surface area contributed by atoms with Crippen molar-refractivity contribution in [3.63, 3.8) is 0 Å². The van der Waals surface area contributed by atoms with Crippen molar-refractivity contribution >= 4 is 22.6 Å². The fraction of sp³-hybridized carbons (Fsp3) is 0.348. The lowest BCUT2D eigenvalue weighted by atomic mass is 9.82. The molecule has 5 atom stereocenters. The number of allylic oxidation sites excluding steroid dienone is 2. The summed E-state index contributed by atoms with van der Waals surface area (Å²) in [4.78, 5) is 12.9. The molecule has 5 N–H and O–H groups in total. The molecule has 1 aliphatic carbocycles. The molecule has 30 heavy (non-hydrogen) atoms. The number of carbonyl (C=O) groups excluding carboxylic acids is 1. The zero-order valence-electron chi connectivity index (χ0n) is 16.5. The van der Waals surface area contributed by atoms with E-state index in [-0.39, 0.29) is 12.2 Å². The highest BCUT2D eigenvalue weighted by Gasteiger charge is 2.43. The van der Waals surface area contributed by atoms with Gasteiger partial charge in [-0.1, -0.05) is 36.4 Å². The molecule has 0 bridgehead atoms. The van der Waals surface area contributed by atoms with E-state index in [9.17, 15) is 25.2 Å². The highest BCUT2D eigenvalue weighted by molar-refractivity contribution is 6.30. The van der Waals surface area contributed by atoms with Gasteiger partial charge >= 0.3 is 0 Å². The molecule has 3 unspecified atom stereocenters. The first-order chi connectivity index (χ1) is 14.4. The molecule has 7 nitrogen and oxygen atoms in total. The second-order valence-corrected chi connectivity index (χ2v) is 7.74. The Morgan fingerprint density at radius 2 is 1.80 bits per heavy atom. The summed E-state index contributed by atoms with van der Waals surface area (Å²) in [5.74, 6) is 0.0330. The molecule has 0 spiro atoms. The third-order valence-electron chi connectivity index (χ3n) is 5.81. The van der Waals surface area contributed by atoms with Gasteiger partial charge in [-0.25, -0.2) is 0 Å². The molecule has 2 aromatic carbocycles. The van der Waals surface area contributed by atoms with Gasteiger partial charge in [-0.2, -0.15) is 0 Å². The summed E-state index contributed by atoms with van der Waals surface area (Å²) in [6.07, 6.45) is -4.90. The molecule has 0 radical (unpaired) electrons. The van der Waals surface area contributed by atoms with Crippen molar-refractivity contribution in [2.24, 2.45) is 0 Å². The zero-order chi connectivity index (χ0) is 21.4. The number of fused-ring (bicyclic) bond motifs is 1. The van der Waals surface area contributed by atoms with E-state index < -0.39 is 37.3 Å². The number of ether oxygens (including phenoxy) is 1. The number of aliphatic hydroxyl groups excluding tert-OH is 4. The summed E-state index contributed by atoms with van der Waals surface area (Å²) in [6.45, 7) is 1.41. The van der Waals surface area contributed by atoms with Crippen LogP contribution in [0.1, 0.15) is 23.6 Å². The summed E-state index contributed by atoms with van der Waals surface area (Å²) in [6, 6.07) is 14.1. The van der Waals surface area contributed by atoms with Gasteiger partial charge in [0.25, 0.3) is 0 Å². The second-order valence-electron chi connectivity index (χ2n) is 7.74. The Bertz CT molecular complexity index is 973. The van der Waals surface area contributed by atoms with Crippen LogP contribution < -0.4 is 5.32 Å². The van der Waals surface area contributed by atoms with Gasteiger partial charge in [0.05, 0.1) is 6.61 Å². The van der Waals surface area contributed by atoms with Gasteiger partial charge < -0.3 is 30.5 Å². The Kier molecular flexibility index (Phi) is 5.73. The molecule has 1 saturated heterocycles. The van der Waals surface area contributed by atoms with E-state index in [2.05, 4.69) is 5.32 Å². The number of aliphatic hydroxyl groups is 4. The second kappa shape index (κ2) is 8.29. The largest absolute Gasteiger partial charge is 0.394 e. The minimum atomic E-state index is -1.41. The van der Waals surface area contributed by atoms with Crippen molar-refractivity contribution in [1.29, 1.82) is 0 Å². The first-order valence-corrected chi connectivity index (χ1v) is 9.90. The Hall–Kier alpha value is -2.55. The molecule has 158 valence electrons. The van der Waals surface area contributed by atoms with E-state index in [1.807, 2.05) is 49.4 Å². The fourth-order valence-corrected chi connectivity index (χ4v) is 4.23. The molecule has 2 aliphatic rings. The number of Topliss-reactive ketones (excluding diaryl/α,β-unsaturated/α-hetero) is 1. The normalized spacial score (nSPS) is 29.0. The standard InChI is InChI=1S/C23H25NO6/c1-12-16-8-7-15(24-20-22(28)21(27)18(11-25)30-23(20)29)9-14(16)10-17(26)19(12)13-5-3-2-4-6-13/h2-9,18,20-25,27-29H,10-11H2,1H3/t18?,20?,21-,22-,23?/m1/s1. The first kappa shape index (κ1) is 20.7. The van der Waals surface area contributed by atoms with E-state index in [0.717, 1.165) is 22.3 Å². The lowest BCUT2D eigenvalue weighted by Crippen LogP contribution is -2.61. The van der Waals surface area contributed by atoms with Crippen molar-refractivity contribution in [3.8, 4) is 0 Å². The maximum absolute atomic E-state index is 12.9. The van der Waals surface area contributed by atoms with Crippen LogP contribution in [-0.2, 0) is 16.0 Å². The lowest BCUT2D eigenvalue weighted by Gasteiger charge is -2.40. The van der Waals surface area contributed by atoms with Crippen LogP contribution in [0.2, 0.25) is 0 Å². The molecular formula is C23H25NO6. The quantitative estimate of drug-likeness (QED) is 0.508. The molecule has 4 rings (SSSR count). The maximum atomic E-state index is 12.9. The number of benzene rings is 2. The molecule has 1 aliphatic heterocycles. The van der Waals surface area contributed by atoms with Crippen LogP contribution in [-0.4, -0.2) is 63.5 Å². The van der Waals surface area contributed by atoms with E-state index in [4.69, 9.17) is 4.74 Å². The predicted octanol–water partition coefficient (Wildman–Crippen LogP) is 0.954. The molecule has 0 amide bonds. The molecule has 7 heteroatoms. The minimum absolute atomic E-state index is 0.0330. The average molecular weight is 411 g/mol. The Balaban J connectivity index is 1.61. The van der Waals surface area contributed by atoms with Gasteiger partial charge in [-0.05, 0) is 41.3 Å². The van der Waals surface area contributed by atoms with Crippen LogP contribution in [0.3, 0.4) is 0 Å². The van der Waals surface area contributed by atoms with Crippen LogP contribution in [0, 0.1) is 0 Å². The third kappa shape index (κ3) is 3.66. The van der Waals surface area contributed by atoms with Gasteiger partial charge in [-0.15, -0.1) is 0 Å². The van der Waals surface area contributed by atoms with E-state index in [0.29, 0.717) is 11.3 Å². The number of carbonyl (C=O) groups is 1. The SMILES string of the molecule is CC1=C(c2ccccc2)C(=O)Cc2cc(NC3C(O)OC(CO)[C@@H](O)[C@@H]3O)ccc21. The Morgan fingerprint density at radius 3 is 2.50 bits per heavy atom. The van der Waals surface area contributed by atoms with Crippen LogP contribution >= 0.6 is 0 Å². The summed E-state index contributed by atoms with van der Waals surface area (Å²) in [5.41, 5.74) is 4.91. The summed E-state index contributed by atoms with van der Waals surface area (Å²) in [5, 5.41) is 42.7. The lowest BCUT2D eigenvalue weighted by molar-refractivity contribution is -0.245. The van der Waals surface area contributed by atoms with E-state index in [1.165, 1.54) is 0 Å². The third-order valence-corrected chi connectivity index (χ3v) is 5.81. The summed E-state index contributed by atoms with van der Waals surface area (Å²) in [7, 11) is 0. The number of nitrogens with one attached hydrogen (secondary N) is 1. The molecule has 0 saturated carbocycles. The van der Waals surface area contributed by atoms with Gasteiger partial charge in [0.15, 0.2) is 12.1 Å². The smallest absolute Gasteiger partial charge is 0.178 e. The Labute approximate surface area is 174 Å². The maximum Gasteiger partial charge on any atom is 0.178 e. The molecule has 1 heterocycles. The topological polar surface area (TPSA) is 119 Å². The number of rotatable bonds is 4. The molecular weight excluding hydrogens is 386 g/mol. The van der Waals surface area contributed by atoms with Crippen molar-refractivity contribution < 1.29 is 30.0 Å². The minimum Gasteiger partial charge on any atom is -0.394 e. The Morgan fingerprint density at radius 1 is 1.07 bits per heavy atom. The number of hydrogen-bond acceptors (Lipinski definition) is 7. The van der Waals surface area contributed by atoms with Gasteiger partial charge in [-0.3, -0.25) is 4.79 Å². The highest BCUT2D eigenvalue weighted by atomic mass is 16.6. The van der Waals surface area contributed by atoms with Crippen LogP contribution in [0.25, 0.3) is 11.1 Å². The van der Waals surface area contributed by atoms with Crippen molar-refractivity contribution in [2.45, 2.75) is 44.0 Å². The number of ketones is 1. The van der Waals surface area contributed by atoms with Crippen molar-refractivity contribution in [1.82, 2.24) is 0 Å².